The Morgan fingerprint density at radius 2 is 2.31 bits per heavy atom. The molecule has 0 aromatic heterocycles. The second-order valence-corrected chi connectivity index (χ2v) is 3.32. The van der Waals surface area contributed by atoms with Crippen molar-refractivity contribution in [3.8, 4) is 5.75 Å². The summed E-state index contributed by atoms with van der Waals surface area (Å²) in [6, 6.07) is 5.52. The number of nitrogens with one attached hydrogen (secondary N) is 1. The molecule has 0 aliphatic rings. The number of rotatable bonds is 4. The van der Waals surface area contributed by atoms with Gasteiger partial charge in [0.2, 0.25) is 0 Å². The number of methoxy groups -OCH3 is 1. The summed E-state index contributed by atoms with van der Waals surface area (Å²) in [7, 11) is 1.60. The highest BCUT2D eigenvalue weighted by molar-refractivity contribution is 9.10. The molecule has 0 radical (unpaired) electrons. The van der Waals surface area contributed by atoms with Crippen molar-refractivity contribution in [2.24, 2.45) is 0 Å². The lowest BCUT2D eigenvalue weighted by Crippen LogP contribution is -2.03. The Hall–Kier alpha value is -0.770. The van der Waals surface area contributed by atoms with Gasteiger partial charge < -0.3 is 10.1 Å². The zero-order chi connectivity index (χ0) is 9.68. The van der Waals surface area contributed by atoms with Crippen LogP contribution in [0.5, 0.6) is 5.75 Å². The molecule has 0 heterocycles. The zero-order valence-corrected chi connectivity index (χ0v) is 8.90. The summed E-state index contributed by atoms with van der Waals surface area (Å²) < 4.78 is 17.8. The Morgan fingerprint density at radius 1 is 1.54 bits per heavy atom. The van der Waals surface area contributed by atoms with Crippen LogP contribution in [0.1, 0.15) is 0 Å². The van der Waals surface area contributed by atoms with E-state index in [0.29, 0.717) is 6.54 Å². The maximum atomic E-state index is 11.9. The first-order valence-electron chi connectivity index (χ1n) is 3.91. The van der Waals surface area contributed by atoms with E-state index in [1.807, 2.05) is 18.2 Å². The number of hydrogen-bond donors (Lipinski definition) is 1. The molecule has 0 amide bonds. The summed E-state index contributed by atoms with van der Waals surface area (Å²) in [5, 5.41) is 2.94. The molecule has 72 valence electrons. The molecule has 0 saturated heterocycles. The summed E-state index contributed by atoms with van der Waals surface area (Å²) in [5.41, 5.74) is 0.844. The number of ether oxygens (including phenoxy) is 1. The fraction of sp³-hybridized carbons (Fsp3) is 0.333. The minimum absolute atomic E-state index is 0.311. The molecule has 0 spiro atoms. The maximum Gasteiger partial charge on any atom is 0.121 e. The van der Waals surface area contributed by atoms with Gasteiger partial charge in [-0.2, -0.15) is 0 Å². The molecule has 0 aliphatic heterocycles. The summed E-state index contributed by atoms with van der Waals surface area (Å²) in [6.07, 6.45) is 0. The standard InChI is InChI=1S/C9H11BrFNO/c1-13-7-2-3-8(10)9(6-7)12-5-4-11/h2-3,6,12H,4-5H2,1H3. The number of anilines is 1. The van der Waals surface area contributed by atoms with Gasteiger partial charge in [0, 0.05) is 17.1 Å². The van der Waals surface area contributed by atoms with E-state index in [0.717, 1.165) is 15.9 Å². The molecular weight excluding hydrogens is 237 g/mol. The second kappa shape index (κ2) is 5.07. The number of benzene rings is 1. The first-order chi connectivity index (χ1) is 6.27. The lowest BCUT2D eigenvalue weighted by atomic mass is 10.3. The number of hydrogen-bond acceptors (Lipinski definition) is 2. The van der Waals surface area contributed by atoms with Gasteiger partial charge in [0.05, 0.1) is 12.8 Å². The van der Waals surface area contributed by atoms with E-state index in [4.69, 9.17) is 4.74 Å². The van der Waals surface area contributed by atoms with E-state index in [-0.39, 0.29) is 6.67 Å². The van der Waals surface area contributed by atoms with Crippen molar-refractivity contribution in [1.29, 1.82) is 0 Å². The van der Waals surface area contributed by atoms with Crippen molar-refractivity contribution < 1.29 is 9.13 Å². The van der Waals surface area contributed by atoms with Crippen LogP contribution in [0.15, 0.2) is 22.7 Å². The van der Waals surface area contributed by atoms with E-state index in [1.54, 1.807) is 7.11 Å². The largest absolute Gasteiger partial charge is 0.497 e. The lowest BCUT2D eigenvalue weighted by Gasteiger charge is -2.08. The van der Waals surface area contributed by atoms with Crippen LogP contribution >= 0.6 is 15.9 Å². The fourth-order valence-electron chi connectivity index (χ4n) is 0.949. The van der Waals surface area contributed by atoms with Gasteiger partial charge in [-0.25, -0.2) is 4.39 Å². The highest BCUT2D eigenvalue weighted by Gasteiger charge is 2.00. The number of alkyl halides is 1. The Labute approximate surface area is 85.2 Å². The van der Waals surface area contributed by atoms with Gasteiger partial charge >= 0.3 is 0 Å². The highest BCUT2D eigenvalue weighted by Crippen LogP contribution is 2.26. The van der Waals surface area contributed by atoms with Gasteiger partial charge in [-0.15, -0.1) is 0 Å². The van der Waals surface area contributed by atoms with Crippen LogP contribution in [0.3, 0.4) is 0 Å². The summed E-state index contributed by atoms with van der Waals surface area (Å²) in [6.45, 7) is -0.0740. The van der Waals surface area contributed by atoms with Crippen molar-refractivity contribution in [2.45, 2.75) is 0 Å². The Morgan fingerprint density at radius 3 is 2.92 bits per heavy atom. The molecule has 13 heavy (non-hydrogen) atoms. The van der Waals surface area contributed by atoms with E-state index >= 15 is 0 Å². The minimum atomic E-state index is -0.385. The molecule has 0 unspecified atom stereocenters. The Bertz CT molecular complexity index is 280. The molecule has 0 aliphatic carbocycles. The van der Waals surface area contributed by atoms with E-state index in [1.165, 1.54) is 0 Å². The van der Waals surface area contributed by atoms with Gasteiger partial charge in [-0.3, -0.25) is 0 Å². The highest BCUT2D eigenvalue weighted by atomic mass is 79.9. The molecule has 1 aromatic carbocycles. The zero-order valence-electron chi connectivity index (χ0n) is 7.31. The quantitative estimate of drug-likeness (QED) is 0.884. The number of halogens is 2. The normalized spacial score (nSPS) is 9.77. The van der Waals surface area contributed by atoms with Crippen LogP contribution in [0.4, 0.5) is 10.1 Å². The van der Waals surface area contributed by atoms with Crippen LogP contribution < -0.4 is 10.1 Å². The fourth-order valence-corrected chi connectivity index (χ4v) is 1.34. The van der Waals surface area contributed by atoms with Gasteiger partial charge in [0.1, 0.15) is 12.4 Å². The second-order valence-electron chi connectivity index (χ2n) is 2.46. The van der Waals surface area contributed by atoms with Gasteiger partial charge in [0.15, 0.2) is 0 Å². The summed E-state index contributed by atoms with van der Waals surface area (Å²) in [5.74, 6) is 0.754. The van der Waals surface area contributed by atoms with Crippen molar-refractivity contribution in [3.05, 3.63) is 22.7 Å². The summed E-state index contributed by atoms with van der Waals surface area (Å²) >= 11 is 3.35. The van der Waals surface area contributed by atoms with Gasteiger partial charge in [-0.05, 0) is 28.1 Å². The molecule has 0 bridgehead atoms. The molecule has 1 N–H and O–H groups in total. The Balaban J connectivity index is 2.78. The van der Waals surface area contributed by atoms with Gasteiger partial charge in [-0.1, -0.05) is 0 Å². The van der Waals surface area contributed by atoms with Crippen molar-refractivity contribution in [2.75, 3.05) is 25.6 Å². The van der Waals surface area contributed by atoms with Crippen LogP contribution in [0, 0.1) is 0 Å². The molecule has 0 fully saturated rings. The van der Waals surface area contributed by atoms with Crippen molar-refractivity contribution in [3.63, 3.8) is 0 Å². The minimum Gasteiger partial charge on any atom is -0.497 e. The first kappa shape index (κ1) is 10.3. The molecule has 4 heteroatoms. The topological polar surface area (TPSA) is 21.3 Å². The van der Waals surface area contributed by atoms with Crippen LogP contribution in [0.25, 0.3) is 0 Å². The van der Waals surface area contributed by atoms with Crippen LogP contribution in [-0.4, -0.2) is 20.3 Å². The average molecular weight is 248 g/mol. The summed E-state index contributed by atoms with van der Waals surface area (Å²) in [4.78, 5) is 0. The Kier molecular flexibility index (Phi) is 4.02. The van der Waals surface area contributed by atoms with Crippen molar-refractivity contribution in [1.82, 2.24) is 0 Å². The monoisotopic (exact) mass is 247 g/mol. The molecule has 1 rings (SSSR count). The SMILES string of the molecule is COc1ccc(Br)c(NCCF)c1. The first-order valence-corrected chi connectivity index (χ1v) is 4.70. The smallest absolute Gasteiger partial charge is 0.121 e. The van der Waals surface area contributed by atoms with Crippen LogP contribution in [-0.2, 0) is 0 Å². The van der Waals surface area contributed by atoms with E-state index < -0.39 is 0 Å². The van der Waals surface area contributed by atoms with Crippen molar-refractivity contribution >= 4 is 21.6 Å². The third-order valence-corrected chi connectivity index (χ3v) is 2.27. The lowest BCUT2D eigenvalue weighted by molar-refractivity contribution is 0.415. The molecule has 2 nitrogen and oxygen atoms in total. The third-order valence-electron chi connectivity index (χ3n) is 1.58. The maximum absolute atomic E-state index is 11.9. The van der Waals surface area contributed by atoms with Crippen LogP contribution in [0.2, 0.25) is 0 Å². The molecular formula is C9H11BrFNO. The van der Waals surface area contributed by atoms with Gasteiger partial charge in [0.25, 0.3) is 0 Å². The molecule has 0 atom stereocenters. The molecule has 1 aromatic rings. The predicted octanol–water partition coefficient (Wildman–Crippen LogP) is 2.84. The van der Waals surface area contributed by atoms with E-state index in [2.05, 4.69) is 21.2 Å². The third kappa shape index (κ3) is 2.88. The molecule has 0 saturated carbocycles. The average Bonchev–Trinajstić information content (AvgIpc) is 2.17. The predicted molar refractivity (Wildman–Crippen MR) is 55.2 cm³/mol. The van der Waals surface area contributed by atoms with E-state index in [9.17, 15) is 4.39 Å².